The van der Waals surface area contributed by atoms with E-state index in [1.165, 1.54) is 11.3 Å². The van der Waals surface area contributed by atoms with Gasteiger partial charge in [0.25, 0.3) is 10.0 Å². The number of aryl methyl sites for hydroxylation is 1. The molecule has 2 aromatic carbocycles. The molecule has 0 aliphatic heterocycles. The summed E-state index contributed by atoms with van der Waals surface area (Å²) in [5.41, 5.74) is 1.34. The van der Waals surface area contributed by atoms with Crippen LogP contribution in [0.4, 0.5) is 5.13 Å². The van der Waals surface area contributed by atoms with Crippen LogP contribution in [0.3, 0.4) is 0 Å². The number of nitrogens with zero attached hydrogens (tertiary/aromatic N) is 1. The highest BCUT2D eigenvalue weighted by Crippen LogP contribution is 2.33. The molecule has 114 valence electrons. The van der Waals surface area contributed by atoms with E-state index in [1.54, 1.807) is 44.4 Å². The standard InChI is InChI=1S/C15H14N2O3S2/c1-10-6-3-4-9-13(10)22(18,19)17-15-16-14-11(20-2)7-5-8-12(14)21-15/h3-9H,1-2H3,(H,16,17). The highest BCUT2D eigenvalue weighted by atomic mass is 32.2. The maximum Gasteiger partial charge on any atom is 0.263 e. The summed E-state index contributed by atoms with van der Waals surface area (Å²) in [6, 6.07) is 12.4. The van der Waals surface area contributed by atoms with E-state index in [2.05, 4.69) is 9.71 Å². The lowest BCUT2D eigenvalue weighted by atomic mass is 10.2. The van der Waals surface area contributed by atoms with Gasteiger partial charge in [-0.25, -0.2) is 13.4 Å². The normalized spacial score (nSPS) is 11.5. The van der Waals surface area contributed by atoms with Crippen LogP contribution in [0.25, 0.3) is 10.2 Å². The first-order valence-corrected chi connectivity index (χ1v) is 8.83. The number of nitrogens with one attached hydrogen (secondary N) is 1. The zero-order valence-electron chi connectivity index (χ0n) is 12.0. The number of thiazole rings is 1. The summed E-state index contributed by atoms with van der Waals surface area (Å²) in [4.78, 5) is 4.58. The predicted molar refractivity (Wildman–Crippen MR) is 88.2 cm³/mol. The largest absolute Gasteiger partial charge is 0.494 e. The summed E-state index contributed by atoms with van der Waals surface area (Å²) < 4.78 is 33.6. The van der Waals surface area contributed by atoms with Crippen molar-refractivity contribution in [2.75, 3.05) is 11.8 Å². The van der Waals surface area contributed by atoms with Crippen molar-refractivity contribution >= 4 is 36.7 Å². The monoisotopic (exact) mass is 334 g/mol. The van der Waals surface area contributed by atoms with Crippen molar-refractivity contribution in [3.63, 3.8) is 0 Å². The molecule has 0 atom stereocenters. The molecule has 0 aliphatic carbocycles. The molecule has 0 unspecified atom stereocenters. The number of aromatic nitrogens is 1. The molecule has 1 N–H and O–H groups in total. The average Bonchev–Trinajstić information content (AvgIpc) is 2.88. The molecule has 0 amide bonds. The van der Waals surface area contributed by atoms with Crippen molar-refractivity contribution in [3.05, 3.63) is 48.0 Å². The quantitative estimate of drug-likeness (QED) is 0.794. The van der Waals surface area contributed by atoms with E-state index in [-0.39, 0.29) is 4.90 Å². The van der Waals surface area contributed by atoms with E-state index >= 15 is 0 Å². The number of para-hydroxylation sites is 1. The second kappa shape index (κ2) is 5.58. The Hall–Kier alpha value is -2.12. The molecule has 0 saturated carbocycles. The van der Waals surface area contributed by atoms with Crippen LogP contribution in [0, 0.1) is 6.92 Å². The minimum absolute atomic E-state index is 0.251. The van der Waals surface area contributed by atoms with Crippen LogP contribution in [0.1, 0.15) is 5.56 Å². The van der Waals surface area contributed by atoms with Crippen molar-refractivity contribution in [3.8, 4) is 5.75 Å². The second-order valence-corrected chi connectivity index (χ2v) is 7.38. The molecule has 0 saturated heterocycles. The van der Waals surface area contributed by atoms with E-state index in [9.17, 15) is 8.42 Å². The Bertz CT molecular complexity index is 933. The van der Waals surface area contributed by atoms with Gasteiger partial charge in [0.2, 0.25) is 0 Å². The van der Waals surface area contributed by atoms with Crippen molar-refractivity contribution in [2.45, 2.75) is 11.8 Å². The Morgan fingerprint density at radius 2 is 1.91 bits per heavy atom. The van der Waals surface area contributed by atoms with Gasteiger partial charge in [-0.1, -0.05) is 35.6 Å². The van der Waals surface area contributed by atoms with Gasteiger partial charge in [0, 0.05) is 0 Å². The van der Waals surface area contributed by atoms with Gasteiger partial charge in [-0.2, -0.15) is 0 Å². The van der Waals surface area contributed by atoms with E-state index in [0.29, 0.717) is 22.0 Å². The first kappa shape index (κ1) is 14.8. The van der Waals surface area contributed by atoms with Crippen LogP contribution < -0.4 is 9.46 Å². The zero-order chi connectivity index (χ0) is 15.7. The molecular weight excluding hydrogens is 320 g/mol. The van der Waals surface area contributed by atoms with Crippen LogP contribution in [0.15, 0.2) is 47.4 Å². The third-order valence-corrected chi connectivity index (χ3v) is 5.77. The van der Waals surface area contributed by atoms with Crippen molar-refractivity contribution in [1.29, 1.82) is 0 Å². The fraction of sp³-hybridized carbons (Fsp3) is 0.133. The minimum atomic E-state index is -3.65. The first-order chi connectivity index (χ1) is 10.5. The predicted octanol–water partition coefficient (Wildman–Crippen LogP) is 3.41. The summed E-state index contributed by atoms with van der Waals surface area (Å²) in [6.45, 7) is 1.76. The number of benzene rings is 2. The minimum Gasteiger partial charge on any atom is -0.494 e. The van der Waals surface area contributed by atoms with Crippen molar-refractivity contribution in [1.82, 2.24) is 4.98 Å². The molecule has 0 spiro atoms. The maximum atomic E-state index is 12.5. The molecule has 0 radical (unpaired) electrons. The van der Waals surface area contributed by atoms with Crippen molar-refractivity contribution in [2.24, 2.45) is 0 Å². The number of hydrogen-bond acceptors (Lipinski definition) is 5. The Balaban J connectivity index is 2.01. The Morgan fingerprint density at radius 1 is 1.14 bits per heavy atom. The third-order valence-electron chi connectivity index (χ3n) is 3.21. The van der Waals surface area contributed by atoms with Gasteiger partial charge >= 0.3 is 0 Å². The van der Waals surface area contributed by atoms with Gasteiger partial charge in [0.05, 0.1) is 16.7 Å². The molecular formula is C15H14N2O3S2. The highest BCUT2D eigenvalue weighted by Gasteiger charge is 2.19. The second-order valence-electron chi connectivity index (χ2n) is 4.70. The van der Waals surface area contributed by atoms with Crippen LogP contribution in [-0.2, 0) is 10.0 Å². The molecule has 1 aromatic heterocycles. The fourth-order valence-electron chi connectivity index (χ4n) is 2.16. The van der Waals surface area contributed by atoms with Crippen LogP contribution in [0.2, 0.25) is 0 Å². The van der Waals surface area contributed by atoms with E-state index in [1.807, 2.05) is 12.1 Å². The topological polar surface area (TPSA) is 68.3 Å². The van der Waals surface area contributed by atoms with E-state index < -0.39 is 10.0 Å². The molecule has 0 aliphatic rings. The summed E-state index contributed by atoms with van der Waals surface area (Å²) in [5.74, 6) is 0.620. The SMILES string of the molecule is COc1cccc2sc(NS(=O)(=O)c3ccccc3C)nc12. The summed E-state index contributed by atoms with van der Waals surface area (Å²) >= 11 is 1.27. The lowest BCUT2D eigenvalue weighted by Crippen LogP contribution is -2.13. The highest BCUT2D eigenvalue weighted by molar-refractivity contribution is 7.93. The molecule has 3 rings (SSSR count). The van der Waals surface area contributed by atoms with Gasteiger partial charge in [0.1, 0.15) is 11.3 Å². The number of fused-ring (bicyclic) bond motifs is 1. The molecule has 5 nitrogen and oxygen atoms in total. The summed E-state index contributed by atoms with van der Waals surface area (Å²) in [6.07, 6.45) is 0. The Kier molecular flexibility index (Phi) is 3.76. The lowest BCUT2D eigenvalue weighted by molar-refractivity contribution is 0.419. The number of ether oxygens (including phenoxy) is 1. The molecule has 1 heterocycles. The first-order valence-electron chi connectivity index (χ1n) is 6.53. The van der Waals surface area contributed by atoms with Gasteiger partial charge in [0.15, 0.2) is 5.13 Å². The van der Waals surface area contributed by atoms with Gasteiger partial charge in [-0.05, 0) is 30.7 Å². The molecule has 0 bridgehead atoms. The number of methoxy groups -OCH3 is 1. The van der Waals surface area contributed by atoms with E-state index in [0.717, 1.165) is 4.70 Å². The number of anilines is 1. The summed E-state index contributed by atoms with van der Waals surface area (Å²) in [7, 11) is -2.09. The molecule has 22 heavy (non-hydrogen) atoms. The molecule has 0 fully saturated rings. The van der Waals surface area contributed by atoms with Crippen LogP contribution >= 0.6 is 11.3 Å². The lowest BCUT2D eigenvalue weighted by Gasteiger charge is -2.07. The molecule has 7 heteroatoms. The van der Waals surface area contributed by atoms with Gasteiger partial charge < -0.3 is 4.74 Å². The van der Waals surface area contributed by atoms with E-state index in [4.69, 9.17) is 4.74 Å². The van der Waals surface area contributed by atoms with Gasteiger partial charge in [-0.3, -0.25) is 4.72 Å². The number of rotatable bonds is 4. The number of hydrogen-bond donors (Lipinski definition) is 1. The molecule has 3 aromatic rings. The number of sulfonamides is 1. The Morgan fingerprint density at radius 3 is 2.64 bits per heavy atom. The Labute approximate surface area is 132 Å². The summed E-state index contributed by atoms with van der Waals surface area (Å²) in [5, 5.41) is 0.322. The van der Waals surface area contributed by atoms with Crippen LogP contribution in [0.5, 0.6) is 5.75 Å². The smallest absolute Gasteiger partial charge is 0.263 e. The van der Waals surface area contributed by atoms with Crippen molar-refractivity contribution < 1.29 is 13.2 Å². The fourth-order valence-corrected chi connectivity index (χ4v) is 4.53. The maximum absolute atomic E-state index is 12.5. The van der Waals surface area contributed by atoms with Crippen LogP contribution in [-0.4, -0.2) is 20.5 Å². The average molecular weight is 334 g/mol. The third kappa shape index (κ3) is 2.65. The zero-order valence-corrected chi connectivity index (χ0v) is 13.7. The van der Waals surface area contributed by atoms with Gasteiger partial charge in [-0.15, -0.1) is 0 Å².